The number of hydrogen-bond donors (Lipinski definition) is 0. The molecule has 0 N–H and O–H groups in total. The Bertz CT molecular complexity index is 1110. The molecular formula is C52H88O6. The van der Waals surface area contributed by atoms with Crippen LogP contribution in [-0.2, 0) is 28.6 Å². The van der Waals surface area contributed by atoms with E-state index < -0.39 is 6.10 Å². The van der Waals surface area contributed by atoms with Crippen LogP contribution in [0.5, 0.6) is 0 Å². The summed E-state index contributed by atoms with van der Waals surface area (Å²) < 4.78 is 16.7. The topological polar surface area (TPSA) is 78.9 Å². The molecule has 0 aromatic carbocycles. The van der Waals surface area contributed by atoms with Gasteiger partial charge in [-0.15, -0.1) is 0 Å². The van der Waals surface area contributed by atoms with Crippen LogP contribution in [0.4, 0.5) is 0 Å². The largest absolute Gasteiger partial charge is 0.462 e. The third-order valence-corrected chi connectivity index (χ3v) is 10.1. The van der Waals surface area contributed by atoms with Crippen molar-refractivity contribution < 1.29 is 28.6 Å². The third kappa shape index (κ3) is 44.0. The SMILES string of the molecule is CC\C=C/C=C\C=C/C=C\CCCCCC(=O)OC(COC(=O)CCCCCCCCC/C=C\C/C=C\CC)COC(=O)CCCCCCCCCCCCCCC. The van der Waals surface area contributed by atoms with Gasteiger partial charge in [-0.2, -0.15) is 0 Å². The molecule has 6 nitrogen and oxygen atoms in total. The van der Waals surface area contributed by atoms with Gasteiger partial charge in [0.2, 0.25) is 0 Å². The lowest BCUT2D eigenvalue weighted by molar-refractivity contribution is -0.167. The fraction of sp³-hybridized carbons (Fsp3) is 0.712. The van der Waals surface area contributed by atoms with Crippen molar-refractivity contribution in [2.75, 3.05) is 13.2 Å². The molecule has 6 heteroatoms. The molecule has 0 saturated carbocycles. The number of allylic oxidation sites excluding steroid dienone is 12. The summed E-state index contributed by atoms with van der Waals surface area (Å²) in [5.41, 5.74) is 0. The highest BCUT2D eigenvalue weighted by molar-refractivity contribution is 5.71. The molecule has 0 heterocycles. The van der Waals surface area contributed by atoms with Crippen molar-refractivity contribution in [3.8, 4) is 0 Å². The average Bonchev–Trinajstić information content (AvgIpc) is 3.22. The summed E-state index contributed by atoms with van der Waals surface area (Å²) in [4.78, 5) is 37.8. The van der Waals surface area contributed by atoms with Gasteiger partial charge >= 0.3 is 17.9 Å². The van der Waals surface area contributed by atoms with Gasteiger partial charge in [0.15, 0.2) is 6.10 Å². The van der Waals surface area contributed by atoms with Gasteiger partial charge < -0.3 is 14.2 Å². The van der Waals surface area contributed by atoms with Crippen molar-refractivity contribution in [2.45, 2.75) is 226 Å². The molecule has 0 aliphatic carbocycles. The van der Waals surface area contributed by atoms with Gasteiger partial charge in [0, 0.05) is 19.3 Å². The third-order valence-electron chi connectivity index (χ3n) is 10.1. The van der Waals surface area contributed by atoms with Crippen LogP contribution < -0.4 is 0 Å². The predicted molar refractivity (Wildman–Crippen MR) is 247 cm³/mol. The summed E-state index contributed by atoms with van der Waals surface area (Å²) in [6.07, 6.45) is 57.4. The lowest BCUT2D eigenvalue weighted by atomic mass is 10.0. The molecule has 1 unspecified atom stereocenters. The second-order valence-corrected chi connectivity index (χ2v) is 15.7. The van der Waals surface area contributed by atoms with Crippen LogP contribution in [0.2, 0.25) is 0 Å². The number of rotatable bonds is 42. The van der Waals surface area contributed by atoms with Crippen molar-refractivity contribution in [2.24, 2.45) is 0 Å². The predicted octanol–water partition coefficient (Wildman–Crippen LogP) is 15.5. The second kappa shape index (κ2) is 46.5. The van der Waals surface area contributed by atoms with E-state index in [2.05, 4.69) is 57.2 Å². The lowest BCUT2D eigenvalue weighted by Crippen LogP contribution is -2.30. The van der Waals surface area contributed by atoms with Crippen molar-refractivity contribution in [1.29, 1.82) is 0 Å². The van der Waals surface area contributed by atoms with E-state index in [0.717, 1.165) is 83.5 Å². The maximum Gasteiger partial charge on any atom is 0.306 e. The molecule has 0 saturated heterocycles. The number of hydrogen-bond acceptors (Lipinski definition) is 6. The molecule has 1 atom stereocenters. The minimum Gasteiger partial charge on any atom is -0.462 e. The summed E-state index contributed by atoms with van der Waals surface area (Å²) in [5, 5.41) is 0. The summed E-state index contributed by atoms with van der Waals surface area (Å²) in [6.45, 7) is 6.34. The molecule has 0 amide bonds. The maximum absolute atomic E-state index is 12.7. The summed E-state index contributed by atoms with van der Waals surface area (Å²) in [6, 6.07) is 0. The Kier molecular flexibility index (Phi) is 44.0. The smallest absolute Gasteiger partial charge is 0.306 e. The summed E-state index contributed by atoms with van der Waals surface area (Å²) in [5.74, 6) is -0.942. The molecule has 0 fully saturated rings. The number of esters is 3. The van der Waals surface area contributed by atoms with Crippen LogP contribution in [0.1, 0.15) is 220 Å². The zero-order valence-corrected chi connectivity index (χ0v) is 37.8. The standard InChI is InChI=1S/C52H88O6/c1-4-7-10-13-16-19-22-25-28-30-33-36-39-42-45-51(54)57-48-49(58-52(55)46-43-40-37-34-31-27-24-21-18-15-12-9-6-3)47-56-50(53)44-41-38-35-32-29-26-23-20-17-14-11-8-5-2/h7,9-10,12,15-16,18-19,21,24,27,31,49H,4-6,8,11,13-14,17,20,22-23,25-26,28-30,32-48H2,1-3H3/b10-7-,12-9-,18-15-,19-16-,24-21-,31-27-. The Labute approximate surface area is 357 Å². The van der Waals surface area contributed by atoms with E-state index in [1.807, 2.05) is 36.5 Å². The fourth-order valence-corrected chi connectivity index (χ4v) is 6.49. The van der Waals surface area contributed by atoms with E-state index in [-0.39, 0.29) is 37.5 Å². The highest BCUT2D eigenvalue weighted by Gasteiger charge is 2.19. The minimum absolute atomic E-state index is 0.0929. The molecule has 0 radical (unpaired) electrons. The number of carbonyl (C=O) groups excluding carboxylic acids is 3. The first kappa shape index (κ1) is 54.9. The molecule has 0 bridgehead atoms. The molecule has 0 aromatic heterocycles. The highest BCUT2D eigenvalue weighted by atomic mass is 16.6. The van der Waals surface area contributed by atoms with Gasteiger partial charge in [-0.25, -0.2) is 0 Å². The molecule has 58 heavy (non-hydrogen) atoms. The molecule has 0 rings (SSSR count). The first-order chi connectivity index (χ1) is 28.5. The molecule has 0 spiro atoms. The Morgan fingerprint density at radius 3 is 1.26 bits per heavy atom. The van der Waals surface area contributed by atoms with Gasteiger partial charge in [-0.05, 0) is 64.2 Å². The maximum atomic E-state index is 12.7. The Balaban J connectivity index is 4.45. The van der Waals surface area contributed by atoms with Gasteiger partial charge in [0.25, 0.3) is 0 Å². The quantitative estimate of drug-likeness (QED) is 0.0201. The van der Waals surface area contributed by atoms with Crippen molar-refractivity contribution in [3.63, 3.8) is 0 Å². The van der Waals surface area contributed by atoms with Crippen molar-refractivity contribution in [1.82, 2.24) is 0 Å². The van der Waals surface area contributed by atoms with Crippen LogP contribution >= 0.6 is 0 Å². The van der Waals surface area contributed by atoms with Crippen LogP contribution in [0.3, 0.4) is 0 Å². The monoisotopic (exact) mass is 809 g/mol. The molecule has 0 aromatic rings. The summed E-state index contributed by atoms with van der Waals surface area (Å²) >= 11 is 0. The van der Waals surface area contributed by atoms with Gasteiger partial charge in [-0.3, -0.25) is 14.4 Å². The summed E-state index contributed by atoms with van der Waals surface area (Å²) in [7, 11) is 0. The Morgan fingerprint density at radius 1 is 0.379 bits per heavy atom. The van der Waals surface area contributed by atoms with E-state index in [4.69, 9.17) is 14.2 Å². The average molecular weight is 809 g/mol. The van der Waals surface area contributed by atoms with E-state index in [1.165, 1.54) is 89.9 Å². The van der Waals surface area contributed by atoms with Gasteiger partial charge in [-0.1, -0.05) is 209 Å². The van der Waals surface area contributed by atoms with Crippen LogP contribution in [0, 0.1) is 0 Å². The van der Waals surface area contributed by atoms with E-state index >= 15 is 0 Å². The zero-order valence-electron chi connectivity index (χ0n) is 37.8. The highest BCUT2D eigenvalue weighted by Crippen LogP contribution is 2.15. The van der Waals surface area contributed by atoms with Gasteiger partial charge in [0.1, 0.15) is 13.2 Å². The Morgan fingerprint density at radius 2 is 0.759 bits per heavy atom. The normalized spacial score (nSPS) is 12.7. The van der Waals surface area contributed by atoms with Crippen molar-refractivity contribution in [3.05, 3.63) is 72.9 Å². The minimum atomic E-state index is -0.795. The van der Waals surface area contributed by atoms with Crippen molar-refractivity contribution >= 4 is 17.9 Å². The van der Waals surface area contributed by atoms with Crippen LogP contribution in [0.25, 0.3) is 0 Å². The molecule has 0 aliphatic rings. The van der Waals surface area contributed by atoms with E-state index in [0.29, 0.717) is 19.3 Å². The van der Waals surface area contributed by atoms with E-state index in [1.54, 1.807) is 0 Å². The first-order valence-electron chi connectivity index (χ1n) is 24.0. The zero-order chi connectivity index (χ0) is 42.3. The number of carbonyl (C=O) groups is 3. The first-order valence-corrected chi connectivity index (χ1v) is 24.0. The Hall–Kier alpha value is -3.15. The van der Waals surface area contributed by atoms with Gasteiger partial charge in [0.05, 0.1) is 0 Å². The second-order valence-electron chi connectivity index (χ2n) is 15.7. The lowest BCUT2D eigenvalue weighted by Gasteiger charge is -2.18. The molecular weight excluding hydrogens is 721 g/mol. The molecule has 0 aliphatic heterocycles. The van der Waals surface area contributed by atoms with Crippen LogP contribution in [-0.4, -0.2) is 37.2 Å². The number of unbranched alkanes of at least 4 members (excludes halogenated alkanes) is 22. The molecule has 332 valence electrons. The van der Waals surface area contributed by atoms with E-state index in [9.17, 15) is 14.4 Å². The van der Waals surface area contributed by atoms with Crippen LogP contribution in [0.15, 0.2) is 72.9 Å². The number of ether oxygens (including phenoxy) is 3. The fourth-order valence-electron chi connectivity index (χ4n) is 6.49.